The van der Waals surface area contributed by atoms with Crippen molar-refractivity contribution in [2.45, 2.75) is 19.9 Å². The number of benzene rings is 1. The summed E-state index contributed by atoms with van der Waals surface area (Å²) in [7, 11) is 1.37. The molecule has 0 unspecified atom stereocenters. The predicted octanol–water partition coefficient (Wildman–Crippen LogP) is 2.14. The maximum absolute atomic E-state index is 12.3. The lowest BCUT2D eigenvalue weighted by atomic mass is 9.95. The highest BCUT2D eigenvalue weighted by Gasteiger charge is 2.34. The van der Waals surface area contributed by atoms with Gasteiger partial charge in [0.05, 0.1) is 19.3 Å². The lowest BCUT2D eigenvalue weighted by Crippen LogP contribution is -2.29. The molecule has 0 saturated carbocycles. The first-order valence-electron chi connectivity index (χ1n) is 7.34. The van der Waals surface area contributed by atoms with Crippen LogP contribution in [0, 0.1) is 0 Å². The summed E-state index contributed by atoms with van der Waals surface area (Å²) in [5, 5.41) is 7.33. The van der Waals surface area contributed by atoms with Crippen LogP contribution in [0.1, 0.15) is 25.5 Å². The average molecular weight is 314 g/mol. The maximum Gasteiger partial charge on any atom is 0.338 e. The number of anilines is 1. The Morgan fingerprint density at radius 1 is 1.43 bits per heavy atom. The third-order valence-corrected chi connectivity index (χ3v) is 3.68. The van der Waals surface area contributed by atoms with Crippen LogP contribution in [0.4, 0.5) is 5.95 Å². The maximum atomic E-state index is 12.3. The normalized spacial score (nSPS) is 16.6. The van der Waals surface area contributed by atoms with Crippen molar-refractivity contribution in [1.29, 1.82) is 0 Å². The van der Waals surface area contributed by atoms with Gasteiger partial charge in [0.15, 0.2) is 0 Å². The monoisotopic (exact) mass is 314 g/mol. The summed E-state index contributed by atoms with van der Waals surface area (Å²) in [4.78, 5) is 16.5. The third kappa shape index (κ3) is 2.65. The molecule has 1 atom stereocenters. The van der Waals surface area contributed by atoms with Crippen LogP contribution >= 0.6 is 0 Å². The number of hydrogen-bond donors (Lipinski definition) is 1. The number of aromatic nitrogens is 3. The van der Waals surface area contributed by atoms with Crippen LogP contribution in [0.5, 0.6) is 5.75 Å². The topological polar surface area (TPSA) is 78.3 Å². The Hall–Kier alpha value is -2.83. The zero-order chi connectivity index (χ0) is 16.4. The zero-order valence-electron chi connectivity index (χ0n) is 13.2. The second-order valence-electron chi connectivity index (χ2n) is 5.09. The van der Waals surface area contributed by atoms with Gasteiger partial charge in [0, 0.05) is 5.70 Å². The molecule has 7 heteroatoms. The molecule has 1 aromatic carbocycles. The summed E-state index contributed by atoms with van der Waals surface area (Å²) in [5.74, 6) is 0.928. The van der Waals surface area contributed by atoms with Gasteiger partial charge >= 0.3 is 5.97 Å². The molecule has 1 aliphatic rings. The number of nitrogens with one attached hydrogen (secondary N) is 1. The van der Waals surface area contributed by atoms with Crippen LogP contribution in [0.25, 0.3) is 0 Å². The summed E-state index contributed by atoms with van der Waals surface area (Å²) in [6, 6.07) is 7.19. The van der Waals surface area contributed by atoms with Crippen molar-refractivity contribution in [3.63, 3.8) is 0 Å². The molecule has 0 fully saturated rings. The molecular weight excluding hydrogens is 296 g/mol. The van der Waals surface area contributed by atoms with E-state index >= 15 is 0 Å². The first-order valence-corrected chi connectivity index (χ1v) is 7.34. The number of fused-ring (bicyclic) bond motifs is 1. The minimum atomic E-state index is -0.415. The number of nitrogens with zero attached hydrogens (tertiary/aromatic N) is 3. The van der Waals surface area contributed by atoms with Gasteiger partial charge in [-0.1, -0.05) is 12.1 Å². The molecule has 3 rings (SSSR count). The quantitative estimate of drug-likeness (QED) is 0.871. The first kappa shape index (κ1) is 15.1. The molecule has 0 radical (unpaired) electrons. The van der Waals surface area contributed by atoms with Crippen molar-refractivity contribution in [2.75, 3.05) is 19.0 Å². The van der Waals surface area contributed by atoms with Gasteiger partial charge in [-0.15, -0.1) is 0 Å². The van der Waals surface area contributed by atoms with E-state index in [0.29, 0.717) is 23.8 Å². The third-order valence-electron chi connectivity index (χ3n) is 3.68. The number of hydrogen-bond acceptors (Lipinski definition) is 6. The van der Waals surface area contributed by atoms with Gasteiger partial charge in [0.2, 0.25) is 5.95 Å². The van der Waals surface area contributed by atoms with E-state index in [0.717, 1.165) is 11.3 Å². The summed E-state index contributed by atoms with van der Waals surface area (Å²) < 4.78 is 12.2. The fourth-order valence-corrected chi connectivity index (χ4v) is 2.71. The molecule has 1 aromatic heterocycles. The summed E-state index contributed by atoms with van der Waals surface area (Å²) in [5.41, 5.74) is 2.08. The highest BCUT2D eigenvalue weighted by atomic mass is 16.5. The van der Waals surface area contributed by atoms with E-state index in [2.05, 4.69) is 15.4 Å². The van der Waals surface area contributed by atoms with Gasteiger partial charge in [0.1, 0.15) is 18.1 Å². The van der Waals surface area contributed by atoms with Crippen LogP contribution < -0.4 is 10.1 Å². The Kier molecular flexibility index (Phi) is 4.01. The second-order valence-corrected chi connectivity index (χ2v) is 5.09. The molecule has 1 aliphatic heterocycles. The summed E-state index contributed by atoms with van der Waals surface area (Å²) >= 11 is 0. The Morgan fingerprint density at radius 3 is 3.00 bits per heavy atom. The first-order chi connectivity index (χ1) is 11.2. The molecule has 120 valence electrons. The van der Waals surface area contributed by atoms with E-state index in [1.807, 2.05) is 38.1 Å². The number of methoxy groups -OCH3 is 1. The van der Waals surface area contributed by atoms with Crippen LogP contribution in [0.3, 0.4) is 0 Å². The lowest BCUT2D eigenvalue weighted by Gasteiger charge is -2.28. The van der Waals surface area contributed by atoms with Crippen molar-refractivity contribution < 1.29 is 14.3 Å². The minimum Gasteiger partial charge on any atom is -0.494 e. The smallest absolute Gasteiger partial charge is 0.338 e. The van der Waals surface area contributed by atoms with E-state index in [-0.39, 0.29) is 0 Å². The molecular formula is C16H18N4O3. The van der Waals surface area contributed by atoms with Crippen molar-refractivity contribution in [2.24, 2.45) is 0 Å². The van der Waals surface area contributed by atoms with E-state index in [9.17, 15) is 4.79 Å². The Balaban J connectivity index is 2.13. The van der Waals surface area contributed by atoms with Crippen molar-refractivity contribution >= 4 is 11.9 Å². The average Bonchev–Trinajstić information content (AvgIpc) is 3.01. The molecule has 0 saturated heterocycles. The molecule has 7 nitrogen and oxygen atoms in total. The number of ether oxygens (including phenoxy) is 2. The Morgan fingerprint density at radius 2 is 2.26 bits per heavy atom. The highest BCUT2D eigenvalue weighted by Crippen LogP contribution is 2.36. The van der Waals surface area contributed by atoms with E-state index < -0.39 is 12.0 Å². The molecule has 0 amide bonds. The van der Waals surface area contributed by atoms with Gasteiger partial charge in [-0.25, -0.2) is 9.48 Å². The predicted molar refractivity (Wildman–Crippen MR) is 84.1 cm³/mol. The summed E-state index contributed by atoms with van der Waals surface area (Å²) in [6.45, 7) is 4.32. The number of allylic oxidation sites excluding steroid dienone is 1. The standard InChI is InChI=1S/C16H18N4O3/c1-4-23-12-7-5-6-11(8-12)14-13(15(21)22-3)10(2)19-16-17-9-18-20(14)16/h5-9,14H,4H2,1-3H3,(H,17,18,19)/t14-/m1/s1. The van der Waals surface area contributed by atoms with Crippen LogP contribution in [0.15, 0.2) is 41.9 Å². The second kappa shape index (κ2) is 6.12. The van der Waals surface area contributed by atoms with Gasteiger partial charge in [-0.2, -0.15) is 10.1 Å². The Labute approximate surface area is 133 Å². The molecule has 2 aromatic rings. The van der Waals surface area contributed by atoms with E-state index in [4.69, 9.17) is 9.47 Å². The number of carbonyl (C=O) groups excluding carboxylic acids is 1. The molecule has 1 N–H and O–H groups in total. The fourth-order valence-electron chi connectivity index (χ4n) is 2.71. The molecule has 0 bridgehead atoms. The van der Waals surface area contributed by atoms with Crippen molar-refractivity contribution in [3.05, 3.63) is 47.4 Å². The van der Waals surface area contributed by atoms with E-state index in [1.165, 1.54) is 13.4 Å². The van der Waals surface area contributed by atoms with Crippen LogP contribution in [0.2, 0.25) is 0 Å². The highest BCUT2D eigenvalue weighted by molar-refractivity contribution is 5.92. The van der Waals surface area contributed by atoms with Gasteiger partial charge < -0.3 is 14.8 Å². The van der Waals surface area contributed by atoms with Gasteiger partial charge in [-0.3, -0.25) is 0 Å². The number of rotatable bonds is 4. The van der Waals surface area contributed by atoms with Crippen molar-refractivity contribution in [1.82, 2.24) is 14.8 Å². The van der Waals surface area contributed by atoms with Crippen LogP contribution in [-0.4, -0.2) is 34.5 Å². The molecule has 0 spiro atoms. The van der Waals surface area contributed by atoms with E-state index in [1.54, 1.807) is 4.68 Å². The van der Waals surface area contributed by atoms with Crippen molar-refractivity contribution in [3.8, 4) is 5.75 Å². The Bertz CT molecular complexity index is 766. The van der Waals surface area contributed by atoms with Gasteiger partial charge in [0.25, 0.3) is 0 Å². The molecule has 0 aliphatic carbocycles. The lowest BCUT2D eigenvalue weighted by molar-refractivity contribution is -0.136. The number of esters is 1. The largest absolute Gasteiger partial charge is 0.494 e. The SMILES string of the molecule is CCOc1cccc([C@@H]2C(C(=O)OC)=C(C)Nc3ncnn32)c1. The molecule has 23 heavy (non-hydrogen) atoms. The summed E-state index contributed by atoms with van der Waals surface area (Å²) in [6.07, 6.45) is 1.45. The van der Waals surface area contributed by atoms with Gasteiger partial charge in [-0.05, 0) is 31.5 Å². The number of carbonyl (C=O) groups is 1. The fraction of sp³-hybridized carbons (Fsp3) is 0.312. The molecule has 2 heterocycles. The zero-order valence-corrected chi connectivity index (χ0v) is 13.2. The van der Waals surface area contributed by atoms with Crippen LogP contribution in [-0.2, 0) is 9.53 Å². The minimum absolute atomic E-state index is 0.400.